The van der Waals surface area contributed by atoms with E-state index in [0.717, 1.165) is 61.9 Å². The Morgan fingerprint density at radius 2 is 1.83 bits per heavy atom. The fraction of sp³-hybridized carbons (Fsp3) is 0.625. The molecule has 0 bridgehead atoms. The van der Waals surface area contributed by atoms with E-state index in [2.05, 4.69) is 12.2 Å². The smallest absolute Gasteiger partial charge is 0.242 e. The average molecular weight is 411 g/mol. The summed E-state index contributed by atoms with van der Waals surface area (Å²) < 4.78 is 2.00. The third-order valence-corrected chi connectivity index (χ3v) is 6.82. The molecule has 1 aliphatic heterocycles. The maximum absolute atomic E-state index is 13.2. The van der Waals surface area contributed by atoms with E-state index >= 15 is 0 Å². The molecule has 1 N–H and O–H groups in total. The molecule has 1 saturated heterocycles. The number of nitrogens with one attached hydrogen (secondary N) is 1. The molecule has 1 aliphatic carbocycles. The molecule has 2 aliphatic rings. The van der Waals surface area contributed by atoms with Crippen LogP contribution in [-0.2, 0) is 16.1 Å². The van der Waals surface area contributed by atoms with Crippen molar-refractivity contribution < 1.29 is 9.59 Å². The van der Waals surface area contributed by atoms with Gasteiger partial charge in [-0.15, -0.1) is 0 Å². The first-order chi connectivity index (χ1) is 14.5. The molecule has 1 aromatic heterocycles. The molecule has 2 unspecified atom stereocenters. The van der Waals surface area contributed by atoms with E-state index in [4.69, 9.17) is 4.98 Å². The molecule has 162 valence electrons. The van der Waals surface area contributed by atoms with Crippen molar-refractivity contribution in [1.82, 2.24) is 19.8 Å². The van der Waals surface area contributed by atoms with E-state index < -0.39 is 0 Å². The van der Waals surface area contributed by atoms with Gasteiger partial charge in [0.05, 0.1) is 17.1 Å². The highest BCUT2D eigenvalue weighted by Gasteiger charge is 2.27. The number of rotatable bonds is 5. The lowest BCUT2D eigenvalue weighted by Gasteiger charge is -2.34. The SMILES string of the molecule is CC(NC(=O)C1CCCCC1)c1nc2ccccc2n1CC(=O)N1CCCCC1C. The van der Waals surface area contributed by atoms with Crippen LogP contribution in [-0.4, -0.2) is 38.9 Å². The number of aromatic nitrogens is 2. The largest absolute Gasteiger partial charge is 0.346 e. The monoisotopic (exact) mass is 410 g/mol. The van der Waals surface area contributed by atoms with E-state index in [1.54, 1.807) is 0 Å². The molecule has 1 saturated carbocycles. The summed E-state index contributed by atoms with van der Waals surface area (Å²) in [6, 6.07) is 7.96. The predicted molar refractivity (Wildman–Crippen MR) is 118 cm³/mol. The molecule has 2 aromatic rings. The van der Waals surface area contributed by atoms with Crippen LogP contribution in [0, 0.1) is 5.92 Å². The lowest BCUT2D eigenvalue weighted by Crippen LogP contribution is -2.44. The number of benzene rings is 1. The minimum Gasteiger partial charge on any atom is -0.346 e. The molecule has 0 spiro atoms. The molecule has 2 amide bonds. The number of hydrogen-bond donors (Lipinski definition) is 1. The Bertz CT molecular complexity index is 900. The minimum atomic E-state index is -0.238. The number of fused-ring (bicyclic) bond motifs is 1. The Morgan fingerprint density at radius 3 is 2.60 bits per heavy atom. The number of carbonyl (C=O) groups excluding carboxylic acids is 2. The summed E-state index contributed by atoms with van der Waals surface area (Å²) >= 11 is 0. The molecule has 30 heavy (non-hydrogen) atoms. The van der Waals surface area contributed by atoms with E-state index in [1.807, 2.05) is 40.7 Å². The van der Waals surface area contributed by atoms with Crippen LogP contribution < -0.4 is 5.32 Å². The second-order valence-corrected chi connectivity index (χ2v) is 9.04. The second kappa shape index (κ2) is 9.19. The summed E-state index contributed by atoms with van der Waals surface area (Å²) in [6.45, 7) is 5.21. The molecule has 2 fully saturated rings. The van der Waals surface area contributed by atoms with Gasteiger partial charge < -0.3 is 14.8 Å². The van der Waals surface area contributed by atoms with Gasteiger partial charge in [0.15, 0.2) is 0 Å². The highest BCUT2D eigenvalue weighted by Crippen LogP contribution is 2.26. The van der Waals surface area contributed by atoms with Crippen LogP contribution in [0.25, 0.3) is 11.0 Å². The Balaban J connectivity index is 1.56. The number of para-hydroxylation sites is 2. The van der Waals surface area contributed by atoms with E-state index in [-0.39, 0.29) is 36.4 Å². The van der Waals surface area contributed by atoms with Gasteiger partial charge in [-0.2, -0.15) is 0 Å². The Hall–Kier alpha value is -2.37. The lowest BCUT2D eigenvalue weighted by atomic mass is 9.88. The van der Waals surface area contributed by atoms with Gasteiger partial charge in [0.2, 0.25) is 11.8 Å². The highest BCUT2D eigenvalue weighted by atomic mass is 16.2. The second-order valence-electron chi connectivity index (χ2n) is 9.04. The van der Waals surface area contributed by atoms with Crippen molar-refractivity contribution in [2.75, 3.05) is 6.54 Å². The minimum absolute atomic E-state index is 0.106. The lowest BCUT2D eigenvalue weighted by molar-refractivity contribution is -0.135. The number of imidazole rings is 1. The van der Waals surface area contributed by atoms with E-state index in [0.29, 0.717) is 0 Å². The summed E-state index contributed by atoms with van der Waals surface area (Å²) in [6.07, 6.45) is 8.76. The quantitative estimate of drug-likeness (QED) is 0.803. The average Bonchev–Trinajstić information content (AvgIpc) is 3.13. The van der Waals surface area contributed by atoms with Crippen molar-refractivity contribution in [2.45, 2.75) is 83.8 Å². The van der Waals surface area contributed by atoms with Crippen molar-refractivity contribution in [3.05, 3.63) is 30.1 Å². The first kappa shape index (κ1) is 20.9. The first-order valence-electron chi connectivity index (χ1n) is 11.6. The number of amides is 2. The summed E-state index contributed by atoms with van der Waals surface area (Å²) in [5.41, 5.74) is 1.81. The summed E-state index contributed by atoms with van der Waals surface area (Å²) in [7, 11) is 0. The van der Waals surface area contributed by atoms with E-state index in [1.165, 1.54) is 12.8 Å². The van der Waals surface area contributed by atoms with Crippen LogP contribution >= 0.6 is 0 Å². The fourth-order valence-electron chi connectivity index (χ4n) is 5.05. The van der Waals surface area contributed by atoms with Crippen molar-refractivity contribution >= 4 is 22.8 Å². The maximum atomic E-state index is 13.2. The van der Waals surface area contributed by atoms with Crippen LogP contribution in [0.5, 0.6) is 0 Å². The third-order valence-electron chi connectivity index (χ3n) is 6.82. The van der Waals surface area contributed by atoms with Crippen LogP contribution in [0.1, 0.15) is 77.1 Å². The summed E-state index contributed by atoms with van der Waals surface area (Å²) in [5.74, 6) is 1.13. The molecule has 1 aromatic carbocycles. The number of carbonyl (C=O) groups is 2. The Kier molecular flexibility index (Phi) is 6.40. The maximum Gasteiger partial charge on any atom is 0.242 e. The molecule has 6 heteroatoms. The fourth-order valence-corrected chi connectivity index (χ4v) is 5.05. The molecule has 6 nitrogen and oxygen atoms in total. The molecular weight excluding hydrogens is 376 g/mol. The Labute approximate surface area is 179 Å². The number of piperidine rings is 1. The first-order valence-corrected chi connectivity index (χ1v) is 11.6. The van der Waals surface area contributed by atoms with Crippen LogP contribution in [0.4, 0.5) is 0 Å². The number of hydrogen-bond acceptors (Lipinski definition) is 3. The number of likely N-dealkylation sites (tertiary alicyclic amines) is 1. The van der Waals surface area contributed by atoms with Crippen LogP contribution in [0.15, 0.2) is 24.3 Å². The third kappa shape index (κ3) is 4.37. The van der Waals surface area contributed by atoms with Gasteiger partial charge in [0.25, 0.3) is 0 Å². The normalized spacial score (nSPS) is 21.5. The number of nitrogens with zero attached hydrogens (tertiary/aromatic N) is 3. The van der Waals surface area contributed by atoms with Gasteiger partial charge in [-0.25, -0.2) is 4.98 Å². The molecule has 0 radical (unpaired) electrons. The van der Waals surface area contributed by atoms with Gasteiger partial charge in [-0.1, -0.05) is 31.4 Å². The zero-order valence-corrected chi connectivity index (χ0v) is 18.3. The van der Waals surface area contributed by atoms with Crippen LogP contribution in [0.3, 0.4) is 0 Å². The molecule has 4 rings (SSSR count). The molecule has 2 heterocycles. The molecular formula is C24H34N4O2. The van der Waals surface area contributed by atoms with Gasteiger partial charge in [-0.3, -0.25) is 9.59 Å². The van der Waals surface area contributed by atoms with Crippen molar-refractivity contribution in [3.8, 4) is 0 Å². The van der Waals surface area contributed by atoms with Crippen molar-refractivity contribution in [2.24, 2.45) is 5.92 Å². The zero-order valence-electron chi connectivity index (χ0n) is 18.3. The van der Waals surface area contributed by atoms with Crippen molar-refractivity contribution in [3.63, 3.8) is 0 Å². The van der Waals surface area contributed by atoms with E-state index in [9.17, 15) is 9.59 Å². The van der Waals surface area contributed by atoms with Gasteiger partial charge in [0, 0.05) is 18.5 Å². The summed E-state index contributed by atoms with van der Waals surface area (Å²) in [5, 5.41) is 3.18. The molecule has 2 atom stereocenters. The van der Waals surface area contributed by atoms with Crippen LogP contribution in [0.2, 0.25) is 0 Å². The van der Waals surface area contributed by atoms with Crippen molar-refractivity contribution in [1.29, 1.82) is 0 Å². The summed E-state index contributed by atoms with van der Waals surface area (Å²) in [4.78, 5) is 32.8. The van der Waals surface area contributed by atoms with Gasteiger partial charge >= 0.3 is 0 Å². The highest BCUT2D eigenvalue weighted by molar-refractivity contribution is 5.82. The topological polar surface area (TPSA) is 67.2 Å². The Morgan fingerprint density at radius 1 is 1.10 bits per heavy atom. The predicted octanol–water partition coefficient (Wildman–Crippen LogP) is 4.19. The zero-order chi connectivity index (χ0) is 21.1. The standard InChI is InChI=1S/C24H34N4O2/c1-17-10-8-9-15-27(17)22(29)16-28-21-14-7-6-13-20(21)26-23(28)18(2)25-24(30)19-11-4-3-5-12-19/h6-7,13-14,17-19H,3-5,8-12,15-16H2,1-2H3,(H,25,30). The van der Waals surface area contributed by atoms with Gasteiger partial charge in [-0.05, 0) is 58.1 Å². The van der Waals surface area contributed by atoms with Gasteiger partial charge in [0.1, 0.15) is 12.4 Å².